The number of rotatable bonds is 5. The minimum Gasteiger partial charge on any atom is -0.399 e. The van der Waals surface area contributed by atoms with Crippen molar-refractivity contribution in [1.29, 1.82) is 0 Å². The van der Waals surface area contributed by atoms with Crippen LogP contribution in [0.2, 0.25) is 0 Å². The molecule has 0 saturated heterocycles. The molecule has 0 radical (unpaired) electrons. The van der Waals surface area contributed by atoms with Crippen molar-refractivity contribution in [2.24, 2.45) is 0 Å². The summed E-state index contributed by atoms with van der Waals surface area (Å²) in [5, 5.41) is 0. The second kappa shape index (κ2) is 5.47. The Hall–Kier alpha value is -1.13. The minimum atomic E-state index is -0.255. The Morgan fingerprint density at radius 2 is 1.89 bits per heavy atom. The lowest BCUT2D eigenvalue weighted by molar-refractivity contribution is 0.0259. The van der Waals surface area contributed by atoms with Crippen molar-refractivity contribution in [3.63, 3.8) is 0 Å². The van der Waals surface area contributed by atoms with Crippen LogP contribution in [-0.2, 0) is 6.54 Å². The first-order valence-corrected chi connectivity index (χ1v) is 6.82. The monoisotopic (exact) mass is 265 g/mol. The molecular weight excluding hydrogens is 241 g/mol. The fourth-order valence-corrected chi connectivity index (χ4v) is 2.97. The Balaban J connectivity index is 1.99. The van der Waals surface area contributed by atoms with Gasteiger partial charge in [0, 0.05) is 24.3 Å². The number of likely N-dealkylation sites (N-methyl/N-ethyl adjacent to an activating group) is 2. The number of anilines is 1. The van der Waals surface area contributed by atoms with Gasteiger partial charge >= 0.3 is 0 Å². The first kappa shape index (κ1) is 14.3. The SMILES string of the molecule is CN(Cc1cc(N)cc(F)c1)CC1(N(C)C)CCC1. The molecule has 0 heterocycles. The van der Waals surface area contributed by atoms with E-state index in [0.29, 0.717) is 11.2 Å². The van der Waals surface area contributed by atoms with Crippen molar-refractivity contribution in [1.82, 2.24) is 9.80 Å². The van der Waals surface area contributed by atoms with E-state index in [2.05, 4.69) is 30.9 Å². The summed E-state index contributed by atoms with van der Waals surface area (Å²) in [6.07, 6.45) is 3.80. The third kappa shape index (κ3) is 3.25. The molecule has 0 bridgehead atoms. The predicted molar refractivity (Wildman–Crippen MR) is 77.4 cm³/mol. The first-order valence-electron chi connectivity index (χ1n) is 6.82. The molecule has 1 saturated carbocycles. The van der Waals surface area contributed by atoms with Crippen LogP contribution >= 0.6 is 0 Å². The molecule has 1 aromatic rings. The number of halogens is 1. The van der Waals surface area contributed by atoms with E-state index in [1.165, 1.54) is 25.3 Å². The van der Waals surface area contributed by atoms with Gasteiger partial charge in [0.15, 0.2) is 0 Å². The lowest BCUT2D eigenvalue weighted by atomic mass is 9.75. The molecule has 2 rings (SSSR count). The van der Waals surface area contributed by atoms with Gasteiger partial charge in [0.1, 0.15) is 5.82 Å². The zero-order valence-electron chi connectivity index (χ0n) is 12.1. The smallest absolute Gasteiger partial charge is 0.125 e. The molecule has 1 fully saturated rings. The molecule has 1 aromatic carbocycles. The second-order valence-corrected chi connectivity index (χ2v) is 6.04. The Bertz CT molecular complexity index is 421. The third-order valence-corrected chi connectivity index (χ3v) is 4.23. The maximum Gasteiger partial charge on any atom is 0.125 e. The molecule has 106 valence electrons. The average Bonchev–Trinajstić information content (AvgIpc) is 2.21. The molecule has 0 aliphatic heterocycles. The fourth-order valence-electron chi connectivity index (χ4n) is 2.97. The van der Waals surface area contributed by atoms with Gasteiger partial charge < -0.3 is 15.5 Å². The molecule has 0 spiro atoms. The van der Waals surface area contributed by atoms with Crippen LogP contribution < -0.4 is 5.73 Å². The number of nitrogens with zero attached hydrogens (tertiary/aromatic N) is 2. The van der Waals surface area contributed by atoms with E-state index in [0.717, 1.165) is 18.7 Å². The second-order valence-electron chi connectivity index (χ2n) is 6.04. The number of benzene rings is 1. The van der Waals surface area contributed by atoms with E-state index in [1.54, 1.807) is 6.07 Å². The van der Waals surface area contributed by atoms with Crippen LogP contribution in [0, 0.1) is 5.82 Å². The van der Waals surface area contributed by atoms with Crippen molar-refractivity contribution in [3.05, 3.63) is 29.6 Å². The Morgan fingerprint density at radius 1 is 1.21 bits per heavy atom. The largest absolute Gasteiger partial charge is 0.399 e. The summed E-state index contributed by atoms with van der Waals surface area (Å²) in [7, 11) is 6.38. The van der Waals surface area contributed by atoms with Crippen molar-refractivity contribution in [3.8, 4) is 0 Å². The summed E-state index contributed by atoms with van der Waals surface area (Å²) < 4.78 is 13.3. The van der Waals surface area contributed by atoms with Crippen LogP contribution in [0.3, 0.4) is 0 Å². The van der Waals surface area contributed by atoms with Gasteiger partial charge in [-0.25, -0.2) is 4.39 Å². The third-order valence-electron chi connectivity index (χ3n) is 4.23. The topological polar surface area (TPSA) is 32.5 Å². The maximum absolute atomic E-state index is 13.3. The summed E-state index contributed by atoms with van der Waals surface area (Å²) in [6.45, 7) is 1.74. The lowest BCUT2D eigenvalue weighted by Gasteiger charge is -2.49. The molecule has 1 aliphatic rings. The number of nitrogens with two attached hydrogens (primary N) is 1. The molecule has 4 heteroatoms. The fraction of sp³-hybridized carbons (Fsp3) is 0.600. The summed E-state index contributed by atoms with van der Waals surface area (Å²) in [6, 6.07) is 4.77. The lowest BCUT2D eigenvalue weighted by Crippen LogP contribution is -2.56. The van der Waals surface area contributed by atoms with Crippen molar-refractivity contribution in [2.45, 2.75) is 31.3 Å². The number of nitrogen functional groups attached to an aromatic ring is 1. The molecule has 2 N–H and O–H groups in total. The normalized spacial score (nSPS) is 17.8. The van der Waals surface area contributed by atoms with Gasteiger partial charge in [0.05, 0.1) is 0 Å². The zero-order valence-corrected chi connectivity index (χ0v) is 12.1. The highest BCUT2D eigenvalue weighted by Crippen LogP contribution is 2.36. The summed E-state index contributed by atoms with van der Waals surface area (Å²) in [5.74, 6) is -0.255. The van der Waals surface area contributed by atoms with Gasteiger partial charge in [0.2, 0.25) is 0 Å². The molecule has 0 amide bonds. The summed E-state index contributed by atoms with van der Waals surface area (Å²) >= 11 is 0. The number of hydrogen-bond donors (Lipinski definition) is 1. The standard InChI is InChI=1S/C15H24FN3/c1-18(2)15(5-4-6-15)11-19(3)10-12-7-13(16)9-14(17)8-12/h7-9H,4-6,10-11,17H2,1-3H3. The predicted octanol–water partition coefficient (Wildman–Crippen LogP) is 2.32. The van der Waals surface area contributed by atoms with E-state index < -0.39 is 0 Å². The first-order chi connectivity index (χ1) is 8.91. The van der Waals surface area contributed by atoms with Gasteiger partial charge in [-0.2, -0.15) is 0 Å². The number of hydrogen-bond acceptors (Lipinski definition) is 3. The Kier molecular flexibility index (Phi) is 4.11. The molecule has 1 aliphatic carbocycles. The van der Waals surface area contributed by atoms with Gasteiger partial charge in [-0.1, -0.05) is 0 Å². The summed E-state index contributed by atoms with van der Waals surface area (Å²) in [4.78, 5) is 4.58. The molecular formula is C15H24FN3. The van der Waals surface area contributed by atoms with Gasteiger partial charge in [0.25, 0.3) is 0 Å². The van der Waals surface area contributed by atoms with Gasteiger partial charge in [-0.3, -0.25) is 0 Å². The van der Waals surface area contributed by atoms with Crippen LogP contribution in [0.1, 0.15) is 24.8 Å². The van der Waals surface area contributed by atoms with Crippen LogP contribution in [0.4, 0.5) is 10.1 Å². The van der Waals surface area contributed by atoms with E-state index in [4.69, 9.17) is 5.73 Å². The Labute approximate surface area is 115 Å². The van der Waals surface area contributed by atoms with Gasteiger partial charge in [-0.05, 0) is 64.2 Å². The molecule has 19 heavy (non-hydrogen) atoms. The quantitative estimate of drug-likeness (QED) is 0.829. The van der Waals surface area contributed by atoms with E-state index in [1.807, 2.05) is 6.07 Å². The van der Waals surface area contributed by atoms with Crippen LogP contribution in [0.15, 0.2) is 18.2 Å². The molecule has 3 nitrogen and oxygen atoms in total. The minimum absolute atomic E-state index is 0.255. The van der Waals surface area contributed by atoms with Crippen molar-refractivity contribution in [2.75, 3.05) is 33.4 Å². The summed E-state index contributed by atoms with van der Waals surface area (Å²) in [5.41, 5.74) is 7.41. The van der Waals surface area contributed by atoms with Crippen LogP contribution in [0.5, 0.6) is 0 Å². The Morgan fingerprint density at radius 3 is 2.37 bits per heavy atom. The van der Waals surface area contributed by atoms with Crippen molar-refractivity contribution >= 4 is 5.69 Å². The zero-order chi connectivity index (χ0) is 14.0. The van der Waals surface area contributed by atoms with E-state index >= 15 is 0 Å². The van der Waals surface area contributed by atoms with E-state index in [9.17, 15) is 4.39 Å². The van der Waals surface area contributed by atoms with E-state index in [-0.39, 0.29) is 5.82 Å². The average molecular weight is 265 g/mol. The molecule has 0 unspecified atom stereocenters. The molecule has 0 atom stereocenters. The van der Waals surface area contributed by atoms with Crippen LogP contribution in [-0.4, -0.2) is 43.0 Å². The maximum atomic E-state index is 13.3. The highest BCUT2D eigenvalue weighted by atomic mass is 19.1. The highest BCUT2D eigenvalue weighted by molar-refractivity contribution is 5.41. The highest BCUT2D eigenvalue weighted by Gasteiger charge is 2.39. The van der Waals surface area contributed by atoms with Crippen molar-refractivity contribution < 1.29 is 4.39 Å². The molecule has 0 aromatic heterocycles. The van der Waals surface area contributed by atoms with Gasteiger partial charge in [-0.15, -0.1) is 0 Å². The van der Waals surface area contributed by atoms with Crippen LogP contribution in [0.25, 0.3) is 0 Å².